The fourth-order valence-corrected chi connectivity index (χ4v) is 4.90. The van der Waals surface area contributed by atoms with E-state index in [4.69, 9.17) is 20.9 Å². The van der Waals surface area contributed by atoms with E-state index in [0.717, 1.165) is 25.9 Å². The lowest BCUT2D eigenvalue weighted by molar-refractivity contribution is 0.0991. The Morgan fingerprint density at radius 1 is 0.705 bits per heavy atom. The molecule has 0 saturated heterocycles. The normalized spacial score (nSPS) is 11.2. The van der Waals surface area contributed by atoms with Crippen LogP contribution in [0.3, 0.4) is 0 Å². The van der Waals surface area contributed by atoms with Crippen LogP contribution in [0.5, 0.6) is 11.5 Å². The molecular formula is C35H43N5O4. The lowest BCUT2D eigenvalue weighted by Crippen LogP contribution is -2.16. The lowest BCUT2D eigenvalue weighted by Gasteiger charge is -2.15. The van der Waals surface area contributed by atoms with Gasteiger partial charge in [-0.2, -0.15) is 0 Å². The number of benzene rings is 4. The summed E-state index contributed by atoms with van der Waals surface area (Å²) >= 11 is 0. The largest absolute Gasteiger partial charge is 0.494 e. The number of nitrogen functional groups attached to an aromatic ring is 2. The number of nitrogens with one attached hydrogen (secondary N) is 1. The summed E-state index contributed by atoms with van der Waals surface area (Å²) in [5, 5.41) is 4.28. The zero-order valence-electron chi connectivity index (χ0n) is 26.1. The van der Waals surface area contributed by atoms with Crippen molar-refractivity contribution in [2.24, 2.45) is 0 Å². The van der Waals surface area contributed by atoms with Gasteiger partial charge in [-0.1, -0.05) is 24.3 Å². The molecule has 4 aromatic carbocycles. The van der Waals surface area contributed by atoms with Gasteiger partial charge in [-0.3, -0.25) is 9.59 Å². The van der Waals surface area contributed by atoms with Crippen molar-refractivity contribution < 1.29 is 19.1 Å². The molecule has 4 aromatic rings. The molecule has 0 fully saturated rings. The van der Waals surface area contributed by atoms with Crippen molar-refractivity contribution in [2.45, 2.75) is 19.3 Å². The summed E-state index contributed by atoms with van der Waals surface area (Å²) in [6.07, 6.45) is 1.87. The maximum absolute atomic E-state index is 13.6. The number of ketones is 1. The Hall–Kier alpha value is -4.60. The quantitative estimate of drug-likeness (QED) is 0.0953. The molecule has 9 heteroatoms. The molecule has 0 spiro atoms. The number of hydrogen-bond donors (Lipinski definition) is 3. The summed E-state index contributed by atoms with van der Waals surface area (Å²) < 4.78 is 11.8. The maximum Gasteiger partial charge on any atom is 0.256 e. The number of fused-ring (bicyclic) bond motifs is 1. The minimum Gasteiger partial charge on any atom is -0.494 e. The van der Waals surface area contributed by atoms with Crippen LogP contribution in [0, 0.1) is 0 Å². The molecule has 44 heavy (non-hydrogen) atoms. The molecule has 0 heterocycles. The second kappa shape index (κ2) is 15.2. The zero-order valence-corrected chi connectivity index (χ0v) is 26.1. The van der Waals surface area contributed by atoms with Crippen LogP contribution in [0.4, 0.5) is 17.1 Å². The SMILES string of the molecule is CN(C)CCCOc1ccc(N)c(CC(=O)c2ccc(C(=O)Nc3cc(OCCCN(C)C)ccc3N)c3ccccc23)c1. The second-order valence-corrected chi connectivity index (χ2v) is 11.4. The van der Waals surface area contributed by atoms with Gasteiger partial charge < -0.3 is 36.1 Å². The Morgan fingerprint density at radius 3 is 1.86 bits per heavy atom. The molecule has 0 aliphatic carbocycles. The van der Waals surface area contributed by atoms with E-state index in [1.54, 1.807) is 36.4 Å². The Balaban J connectivity index is 1.50. The van der Waals surface area contributed by atoms with E-state index in [9.17, 15) is 9.59 Å². The first-order valence-electron chi connectivity index (χ1n) is 14.8. The third kappa shape index (κ3) is 8.72. The summed E-state index contributed by atoms with van der Waals surface area (Å²) in [7, 11) is 8.08. The molecule has 232 valence electrons. The fourth-order valence-electron chi connectivity index (χ4n) is 4.90. The Kier molecular flexibility index (Phi) is 11.2. The monoisotopic (exact) mass is 597 g/mol. The number of Topliss-reactive ketones (excluding diaryl/α,β-unsaturated/α-hetero) is 1. The smallest absolute Gasteiger partial charge is 0.256 e. The number of rotatable bonds is 15. The number of amides is 1. The highest BCUT2D eigenvalue weighted by Crippen LogP contribution is 2.29. The fraction of sp³-hybridized carbons (Fsp3) is 0.314. The van der Waals surface area contributed by atoms with E-state index < -0.39 is 0 Å². The molecule has 5 N–H and O–H groups in total. The van der Waals surface area contributed by atoms with Crippen LogP contribution in [0.15, 0.2) is 72.8 Å². The summed E-state index contributed by atoms with van der Waals surface area (Å²) in [4.78, 5) is 31.3. The number of hydrogen-bond acceptors (Lipinski definition) is 8. The van der Waals surface area contributed by atoms with Crippen molar-refractivity contribution in [3.63, 3.8) is 0 Å². The average molecular weight is 598 g/mol. The number of nitrogens with two attached hydrogens (primary N) is 2. The molecule has 1 amide bonds. The zero-order chi connectivity index (χ0) is 31.6. The number of ether oxygens (including phenoxy) is 2. The third-order valence-corrected chi connectivity index (χ3v) is 7.24. The first kappa shape index (κ1) is 32.3. The van der Waals surface area contributed by atoms with Gasteiger partial charge in [0.15, 0.2) is 5.78 Å². The predicted octanol–water partition coefficient (Wildman–Crippen LogP) is 5.34. The van der Waals surface area contributed by atoms with E-state index in [-0.39, 0.29) is 18.1 Å². The molecule has 0 atom stereocenters. The van der Waals surface area contributed by atoms with E-state index in [1.807, 2.05) is 64.6 Å². The van der Waals surface area contributed by atoms with Gasteiger partial charge in [0.05, 0.1) is 24.6 Å². The van der Waals surface area contributed by atoms with Gasteiger partial charge in [-0.15, -0.1) is 0 Å². The van der Waals surface area contributed by atoms with Gasteiger partial charge in [0, 0.05) is 42.4 Å². The Labute approximate surface area is 259 Å². The topological polar surface area (TPSA) is 123 Å². The van der Waals surface area contributed by atoms with Gasteiger partial charge in [-0.05, 0) is 99.8 Å². The van der Waals surface area contributed by atoms with Crippen molar-refractivity contribution in [3.8, 4) is 11.5 Å². The van der Waals surface area contributed by atoms with Crippen molar-refractivity contribution >= 4 is 39.5 Å². The number of carbonyl (C=O) groups is 2. The lowest BCUT2D eigenvalue weighted by atomic mass is 9.94. The van der Waals surface area contributed by atoms with Gasteiger partial charge in [0.2, 0.25) is 0 Å². The molecule has 0 aliphatic heterocycles. The van der Waals surface area contributed by atoms with Gasteiger partial charge in [-0.25, -0.2) is 0 Å². The van der Waals surface area contributed by atoms with Crippen LogP contribution in [0.1, 0.15) is 39.1 Å². The highest BCUT2D eigenvalue weighted by atomic mass is 16.5. The van der Waals surface area contributed by atoms with Crippen LogP contribution in [-0.4, -0.2) is 76.0 Å². The highest BCUT2D eigenvalue weighted by molar-refractivity contribution is 6.18. The first-order valence-corrected chi connectivity index (χ1v) is 14.8. The summed E-state index contributed by atoms with van der Waals surface area (Å²) in [5.41, 5.74) is 15.5. The maximum atomic E-state index is 13.6. The highest BCUT2D eigenvalue weighted by Gasteiger charge is 2.18. The van der Waals surface area contributed by atoms with E-state index in [1.165, 1.54) is 0 Å². The van der Waals surface area contributed by atoms with E-state index >= 15 is 0 Å². The van der Waals surface area contributed by atoms with Crippen LogP contribution < -0.4 is 26.3 Å². The Morgan fingerprint density at radius 2 is 1.25 bits per heavy atom. The molecule has 0 unspecified atom stereocenters. The molecular weight excluding hydrogens is 554 g/mol. The molecule has 9 nitrogen and oxygen atoms in total. The standard InChI is InChI=1S/C35H43N5O4/c1-39(2)17-7-19-43-25-11-15-31(36)24(21-25)22-34(41)29-13-14-30(28-10-6-5-9-27(28)29)35(42)38-33-23-26(12-16-32(33)37)44-20-8-18-40(3)4/h5-6,9-16,21,23H,7-8,17-20,22,36-37H2,1-4H3,(H,38,42). The molecule has 0 saturated carbocycles. The Bertz CT molecular complexity index is 1480. The minimum absolute atomic E-state index is 0.104. The summed E-state index contributed by atoms with van der Waals surface area (Å²) in [5.74, 6) is 0.870. The van der Waals surface area contributed by atoms with Gasteiger partial charge in [0.25, 0.3) is 5.91 Å². The molecule has 0 aliphatic rings. The van der Waals surface area contributed by atoms with Crippen LogP contribution in [0.25, 0.3) is 10.8 Å². The van der Waals surface area contributed by atoms with Crippen molar-refractivity contribution in [3.05, 3.63) is 89.5 Å². The van der Waals surface area contributed by atoms with E-state index in [0.29, 0.717) is 69.2 Å². The van der Waals surface area contributed by atoms with Crippen LogP contribution in [0.2, 0.25) is 0 Å². The van der Waals surface area contributed by atoms with E-state index in [2.05, 4.69) is 15.1 Å². The number of nitrogens with zero attached hydrogens (tertiary/aromatic N) is 2. The van der Waals surface area contributed by atoms with Gasteiger partial charge >= 0.3 is 0 Å². The summed E-state index contributed by atoms with van der Waals surface area (Å²) in [6, 6.07) is 21.4. The first-order chi connectivity index (χ1) is 21.1. The molecule has 0 bridgehead atoms. The molecule has 4 rings (SSSR count). The third-order valence-electron chi connectivity index (χ3n) is 7.24. The molecule has 0 aromatic heterocycles. The number of anilines is 3. The molecule has 0 radical (unpaired) electrons. The van der Waals surface area contributed by atoms with Crippen molar-refractivity contribution in [1.82, 2.24) is 9.80 Å². The van der Waals surface area contributed by atoms with Crippen LogP contribution >= 0.6 is 0 Å². The van der Waals surface area contributed by atoms with Crippen molar-refractivity contribution in [1.29, 1.82) is 0 Å². The summed E-state index contributed by atoms with van der Waals surface area (Å²) in [6.45, 7) is 2.96. The predicted molar refractivity (Wildman–Crippen MR) is 179 cm³/mol. The van der Waals surface area contributed by atoms with Gasteiger partial charge in [0.1, 0.15) is 11.5 Å². The van der Waals surface area contributed by atoms with Crippen molar-refractivity contribution in [2.75, 3.05) is 71.3 Å². The van der Waals surface area contributed by atoms with Crippen LogP contribution in [-0.2, 0) is 6.42 Å². The average Bonchev–Trinajstić information content (AvgIpc) is 2.99. The minimum atomic E-state index is -0.333. The number of carbonyl (C=O) groups excluding carboxylic acids is 2. The second-order valence-electron chi connectivity index (χ2n) is 11.4.